The Hall–Kier alpha value is -2.00. The summed E-state index contributed by atoms with van der Waals surface area (Å²) < 4.78 is 10.9. The largest absolute Gasteiger partial charge is 0.496 e. The molecule has 0 saturated carbocycles. The highest BCUT2D eigenvalue weighted by Gasteiger charge is 2.13. The van der Waals surface area contributed by atoms with Crippen molar-refractivity contribution in [3.8, 4) is 22.6 Å². The molecule has 3 heteroatoms. The summed E-state index contributed by atoms with van der Waals surface area (Å²) in [6.07, 6.45) is 0.909. The molecule has 20 heavy (non-hydrogen) atoms. The number of rotatable bonds is 5. The van der Waals surface area contributed by atoms with Gasteiger partial charge in [0.05, 0.1) is 19.8 Å². The number of benzene rings is 2. The van der Waals surface area contributed by atoms with E-state index in [1.165, 1.54) is 0 Å². The van der Waals surface area contributed by atoms with Crippen LogP contribution in [0.2, 0.25) is 0 Å². The van der Waals surface area contributed by atoms with Gasteiger partial charge in [0.25, 0.3) is 0 Å². The Morgan fingerprint density at radius 3 is 2.15 bits per heavy atom. The molecular formula is C17H21NO2. The summed E-state index contributed by atoms with van der Waals surface area (Å²) in [6, 6.07) is 14.1. The van der Waals surface area contributed by atoms with E-state index in [4.69, 9.17) is 15.2 Å². The molecule has 1 unspecified atom stereocenters. The number of hydrogen-bond donors (Lipinski definition) is 1. The highest BCUT2D eigenvalue weighted by atomic mass is 16.5. The van der Waals surface area contributed by atoms with Crippen LogP contribution in [0.15, 0.2) is 42.5 Å². The maximum Gasteiger partial charge on any atom is 0.130 e. The Labute approximate surface area is 120 Å². The molecule has 0 aromatic heterocycles. The molecule has 0 spiro atoms. The molecule has 0 heterocycles. The molecule has 1 atom stereocenters. The second kappa shape index (κ2) is 6.44. The van der Waals surface area contributed by atoms with Crippen LogP contribution in [0.1, 0.15) is 24.9 Å². The molecule has 0 amide bonds. The normalized spacial score (nSPS) is 12.0. The third-order valence-electron chi connectivity index (χ3n) is 3.47. The summed E-state index contributed by atoms with van der Waals surface area (Å²) in [4.78, 5) is 0. The fourth-order valence-corrected chi connectivity index (χ4v) is 2.30. The van der Waals surface area contributed by atoms with E-state index in [2.05, 4.69) is 19.1 Å². The van der Waals surface area contributed by atoms with Crippen molar-refractivity contribution in [3.05, 3.63) is 48.0 Å². The first kappa shape index (κ1) is 14.4. The number of nitrogens with two attached hydrogens (primary N) is 1. The Morgan fingerprint density at radius 2 is 1.60 bits per heavy atom. The molecule has 0 radical (unpaired) electrons. The Morgan fingerprint density at radius 1 is 1.00 bits per heavy atom. The first-order valence-corrected chi connectivity index (χ1v) is 6.78. The van der Waals surface area contributed by atoms with Gasteiger partial charge in [-0.25, -0.2) is 0 Å². The van der Waals surface area contributed by atoms with Crippen LogP contribution in [0.25, 0.3) is 11.1 Å². The van der Waals surface area contributed by atoms with Gasteiger partial charge in [-0.05, 0) is 35.7 Å². The average Bonchev–Trinajstić information content (AvgIpc) is 2.53. The summed E-state index contributed by atoms with van der Waals surface area (Å²) in [5.74, 6) is 1.60. The lowest BCUT2D eigenvalue weighted by Gasteiger charge is -2.15. The van der Waals surface area contributed by atoms with Crippen molar-refractivity contribution in [2.24, 2.45) is 5.73 Å². The lowest BCUT2D eigenvalue weighted by molar-refractivity contribution is 0.397. The van der Waals surface area contributed by atoms with Gasteiger partial charge in [0.15, 0.2) is 0 Å². The van der Waals surface area contributed by atoms with Gasteiger partial charge in [0, 0.05) is 6.04 Å². The van der Waals surface area contributed by atoms with Crippen molar-refractivity contribution >= 4 is 0 Å². The van der Waals surface area contributed by atoms with Crippen molar-refractivity contribution in [2.75, 3.05) is 14.2 Å². The van der Waals surface area contributed by atoms with Crippen molar-refractivity contribution in [3.63, 3.8) is 0 Å². The molecule has 106 valence electrons. The monoisotopic (exact) mass is 271 g/mol. The minimum atomic E-state index is 0.0515. The smallest absolute Gasteiger partial charge is 0.130 e. The van der Waals surface area contributed by atoms with Gasteiger partial charge in [-0.2, -0.15) is 0 Å². The van der Waals surface area contributed by atoms with Gasteiger partial charge in [-0.3, -0.25) is 0 Å². The molecular weight excluding hydrogens is 250 g/mol. The average molecular weight is 271 g/mol. The van der Waals surface area contributed by atoms with Gasteiger partial charge >= 0.3 is 0 Å². The number of methoxy groups -OCH3 is 2. The lowest BCUT2D eigenvalue weighted by atomic mass is 9.97. The molecule has 0 bridgehead atoms. The predicted octanol–water partition coefficient (Wildman–Crippen LogP) is 3.78. The standard InChI is InChI=1S/C17H21NO2/c1-4-14(18)12-7-5-8-13(11-12)17-15(19-2)9-6-10-16(17)20-3/h5-11,14H,4,18H2,1-3H3. The van der Waals surface area contributed by atoms with Gasteiger partial charge in [-0.1, -0.05) is 31.2 Å². The fourth-order valence-electron chi connectivity index (χ4n) is 2.30. The van der Waals surface area contributed by atoms with Crippen LogP contribution >= 0.6 is 0 Å². The quantitative estimate of drug-likeness (QED) is 0.900. The lowest BCUT2D eigenvalue weighted by Crippen LogP contribution is -2.08. The van der Waals surface area contributed by atoms with Crippen molar-refractivity contribution < 1.29 is 9.47 Å². The highest BCUT2D eigenvalue weighted by Crippen LogP contribution is 2.38. The van der Waals surface area contributed by atoms with Crippen LogP contribution in [-0.2, 0) is 0 Å². The topological polar surface area (TPSA) is 44.5 Å². The van der Waals surface area contributed by atoms with E-state index in [-0.39, 0.29) is 6.04 Å². The van der Waals surface area contributed by atoms with Crippen molar-refractivity contribution in [2.45, 2.75) is 19.4 Å². The summed E-state index contributed by atoms with van der Waals surface area (Å²) in [5, 5.41) is 0. The second-order valence-corrected chi connectivity index (χ2v) is 4.68. The van der Waals surface area contributed by atoms with Crippen LogP contribution in [0.5, 0.6) is 11.5 Å². The van der Waals surface area contributed by atoms with E-state index in [1.54, 1.807) is 14.2 Å². The van der Waals surface area contributed by atoms with Crippen LogP contribution in [0.3, 0.4) is 0 Å². The maximum absolute atomic E-state index is 6.12. The zero-order valence-corrected chi connectivity index (χ0v) is 12.2. The maximum atomic E-state index is 6.12. The molecule has 2 aromatic carbocycles. The minimum absolute atomic E-state index is 0.0515. The van der Waals surface area contributed by atoms with Crippen LogP contribution in [0, 0.1) is 0 Å². The Bertz CT molecular complexity index is 559. The van der Waals surface area contributed by atoms with E-state index in [9.17, 15) is 0 Å². The highest BCUT2D eigenvalue weighted by molar-refractivity contribution is 5.77. The molecule has 0 aliphatic heterocycles. The van der Waals surface area contributed by atoms with Gasteiger partial charge in [-0.15, -0.1) is 0 Å². The van der Waals surface area contributed by atoms with E-state index < -0.39 is 0 Å². The van der Waals surface area contributed by atoms with Crippen LogP contribution < -0.4 is 15.2 Å². The summed E-state index contributed by atoms with van der Waals surface area (Å²) in [6.45, 7) is 2.08. The van der Waals surface area contributed by atoms with Crippen LogP contribution in [0.4, 0.5) is 0 Å². The van der Waals surface area contributed by atoms with Crippen LogP contribution in [-0.4, -0.2) is 14.2 Å². The molecule has 2 N–H and O–H groups in total. The van der Waals surface area contributed by atoms with E-state index >= 15 is 0 Å². The summed E-state index contributed by atoms with van der Waals surface area (Å²) in [5.41, 5.74) is 9.26. The zero-order chi connectivity index (χ0) is 14.5. The second-order valence-electron chi connectivity index (χ2n) is 4.68. The Kier molecular flexibility index (Phi) is 4.64. The summed E-state index contributed by atoms with van der Waals surface area (Å²) >= 11 is 0. The predicted molar refractivity (Wildman–Crippen MR) is 82.2 cm³/mol. The fraction of sp³-hybridized carbons (Fsp3) is 0.294. The van der Waals surface area contributed by atoms with E-state index in [1.807, 2.05) is 30.3 Å². The summed E-state index contributed by atoms with van der Waals surface area (Å²) in [7, 11) is 3.33. The minimum Gasteiger partial charge on any atom is -0.496 e. The molecule has 3 nitrogen and oxygen atoms in total. The third kappa shape index (κ3) is 2.78. The van der Waals surface area contributed by atoms with E-state index in [0.717, 1.165) is 34.6 Å². The molecule has 2 rings (SSSR count). The SMILES string of the molecule is CCC(N)c1cccc(-c2c(OC)cccc2OC)c1. The molecule has 2 aromatic rings. The van der Waals surface area contributed by atoms with Gasteiger partial charge in [0.1, 0.15) is 11.5 Å². The van der Waals surface area contributed by atoms with Gasteiger partial charge in [0.2, 0.25) is 0 Å². The van der Waals surface area contributed by atoms with Crippen molar-refractivity contribution in [1.82, 2.24) is 0 Å². The molecule has 0 aliphatic rings. The van der Waals surface area contributed by atoms with Crippen molar-refractivity contribution in [1.29, 1.82) is 0 Å². The van der Waals surface area contributed by atoms with E-state index in [0.29, 0.717) is 0 Å². The third-order valence-corrected chi connectivity index (χ3v) is 3.47. The molecule has 0 saturated heterocycles. The first-order chi connectivity index (χ1) is 9.71. The van der Waals surface area contributed by atoms with Gasteiger partial charge < -0.3 is 15.2 Å². The number of hydrogen-bond acceptors (Lipinski definition) is 3. The molecule has 0 fully saturated rings. The molecule has 0 aliphatic carbocycles. The number of ether oxygens (including phenoxy) is 2. The Balaban J connectivity index is 2.56. The first-order valence-electron chi connectivity index (χ1n) is 6.78. The zero-order valence-electron chi connectivity index (χ0n) is 12.2.